The van der Waals surface area contributed by atoms with Crippen molar-refractivity contribution in [1.82, 2.24) is 15.0 Å². The highest BCUT2D eigenvalue weighted by atomic mass is 32.2. The summed E-state index contributed by atoms with van der Waals surface area (Å²) in [5, 5.41) is 13.0. The third kappa shape index (κ3) is 6.02. The fourth-order valence-electron chi connectivity index (χ4n) is 3.43. The van der Waals surface area contributed by atoms with E-state index >= 15 is 0 Å². The van der Waals surface area contributed by atoms with Crippen molar-refractivity contribution in [1.29, 1.82) is 5.26 Å². The van der Waals surface area contributed by atoms with Gasteiger partial charge in [0.05, 0.1) is 39.7 Å². The van der Waals surface area contributed by atoms with Crippen molar-refractivity contribution in [3.63, 3.8) is 0 Å². The number of hydrogen-bond donors (Lipinski definition) is 0. The van der Waals surface area contributed by atoms with E-state index in [1.54, 1.807) is 30.5 Å². The fraction of sp³-hybridized carbons (Fsp3) is 0.192. The van der Waals surface area contributed by atoms with E-state index in [2.05, 4.69) is 11.1 Å². The molecule has 4 aromatic rings. The quantitative estimate of drug-likeness (QED) is 0.101. The molecule has 0 saturated heterocycles. The molecule has 194 valence electrons. The molecule has 0 bridgehead atoms. The van der Waals surface area contributed by atoms with Gasteiger partial charge in [-0.3, -0.25) is 0 Å². The molecule has 0 aliphatic rings. The standard InChI is InChI=1S/C26H22N4O5S3/c1-32-19-11-17(12-20(33-2)22(19)34-3)21-18(13-27)23(38-26-28-9-10-36-26)30-25(29-21)37-14-15-5-7-16(8-6-15)24(31)35-4/h5-12H,14H2,1-4H3. The second-order valence-electron chi connectivity index (χ2n) is 7.44. The monoisotopic (exact) mass is 566 g/mol. The Hall–Kier alpha value is -3.79. The summed E-state index contributed by atoms with van der Waals surface area (Å²) in [5.41, 5.74) is 2.81. The minimum absolute atomic E-state index is 0.311. The van der Waals surface area contributed by atoms with Crippen molar-refractivity contribution >= 4 is 40.8 Å². The number of hydrogen-bond acceptors (Lipinski definition) is 12. The predicted molar refractivity (Wildman–Crippen MR) is 145 cm³/mol. The summed E-state index contributed by atoms with van der Waals surface area (Å²) < 4.78 is 22.0. The topological polar surface area (TPSA) is 116 Å². The van der Waals surface area contributed by atoms with E-state index in [1.807, 2.05) is 17.5 Å². The summed E-state index contributed by atoms with van der Waals surface area (Å²) in [5.74, 6) is 1.48. The highest BCUT2D eigenvalue weighted by Gasteiger charge is 2.22. The molecule has 38 heavy (non-hydrogen) atoms. The highest BCUT2D eigenvalue weighted by Crippen LogP contribution is 2.43. The van der Waals surface area contributed by atoms with Crippen LogP contribution in [0.1, 0.15) is 21.5 Å². The number of esters is 1. The number of benzene rings is 2. The summed E-state index contributed by atoms with van der Waals surface area (Å²) in [6, 6.07) is 12.9. The van der Waals surface area contributed by atoms with E-state index in [-0.39, 0.29) is 0 Å². The van der Waals surface area contributed by atoms with Gasteiger partial charge in [-0.15, -0.1) is 11.3 Å². The smallest absolute Gasteiger partial charge is 0.337 e. The average Bonchev–Trinajstić information content (AvgIpc) is 3.47. The van der Waals surface area contributed by atoms with Gasteiger partial charge in [0.1, 0.15) is 16.7 Å². The Kier molecular flexibility index (Phi) is 9.06. The second kappa shape index (κ2) is 12.6. The molecule has 0 atom stereocenters. The van der Waals surface area contributed by atoms with Crippen molar-refractivity contribution in [3.05, 3.63) is 64.7 Å². The lowest BCUT2D eigenvalue weighted by molar-refractivity contribution is 0.0600. The predicted octanol–water partition coefficient (Wildman–Crippen LogP) is 5.73. The van der Waals surface area contributed by atoms with Crippen LogP contribution < -0.4 is 14.2 Å². The van der Waals surface area contributed by atoms with E-state index in [4.69, 9.17) is 28.9 Å². The number of rotatable bonds is 10. The molecule has 0 fully saturated rings. The van der Waals surface area contributed by atoms with Gasteiger partial charge in [0.25, 0.3) is 0 Å². The number of aromatic nitrogens is 3. The second-order valence-corrected chi connectivity index (χ2v) is 10.5. The van der Waals surface area contributed by atoms with Crippen LogP contribution >= 0.6 is 34.9 Å². The minimum Gasteiger partial charge on any atom is -0.493 e. The first-order valence-electron chi connectivity index (χ1n) is 11.0. The van der Waals surface area contributed by atoms with Crippen LogP contribution in [-0.4, -0.2) is 49.4 Å². The zero-order chi connectivity index (χ0) is 27.1. The molecule has 2 heterocycles. The maximum Gasteiger partial charge on any atom is 0.337 e. The van der Waals surface area contributed by atoms with Crippen LogP contribution in [0.15, 0.2) is 62.5 Å². The lowest BCUT2D eigenvalue weighted by Gasteiger charge is -2.15. The number of methoxy groups -OCH3 is 4. The molecule has 0 amide bonds. The molecule has 0 aliphatic carbocycles. The first-order chi connectivity index (χ1) is 18.5. The Morgan fingerprint density at radius 2 is 1.74 bits per heavy atom. The lowest BCUT2D eigenvalue weighted by Crippen LogP contribution is -2.02. The number of thiazole rings is 1. The van der Waals surface area contributed by atoms with Gasteiger partial charge in [-0.05, 0) is 41.6 Å². The molecule has 0 aliphatic heterocycles. The van der Waals surface area contributed by atoms with Gasteiger partial charge in [-0.1, -0.05) is 23.9 Å². The van der Waals surface area contributed by atoms with Crippen LogP contribution in [0.2, 0.25) is 0 Å². The van der Waals surface area contributed by atoms with Crippen molar-refractivity contribution in [2.24, 2.45) is 0 Å². The maximum absolute atomic E-state index is 11.7. The van der Waals surface area contributed by atoms with Crippen LogP contribution in [0.5, 0.6) is 17.2 Å². The Labute approximate surface area is 232 Å². The van der Waals surface area contributed by atoms with Crippen molar-refractivity contribution < 1.29 is 23.7 Å². The largest absolute Gasteiger partial charge is 0.493 e. The summed E-state index contributed by atoms with van der Waals surface area (Å²) in [7, 11) is 5.94. The van der Waals surface area contributed by atoms with E-state index in [0.29, 0.717) is 55.6 Å². The summed E-state index contributed by atoms with van der Waals surface area (Å²) in [4.78, 5) is 25.5. The molecule has 9 nitrogen and oxygen atoms in total. The van der Waals surface area contributed by atoms with Gasteiger partial charge in [-0.2, -0.15) is 5.26 Å². The van der Waals surface area contributed by atoms with Crippen LogP contribution in [0.3, 0.4) is 0 Å². The highest BCUT2D eigenvalue weighted by molar-refractivity contribution is 8.01. The number of ether oxygens (including phenoxy) is 4. The van der Waals surface area contributed by atoms with Gasteiger partial charge in [0.2, 0.25) is 5.75 Å². The number of thioether (sulfide) groups is 1. The third-order valence-corrected chi connectivity index (χ3v) is 8.03. The Morgan fingerprint density at radius 3 is 2.29 bits per heavy atom. The lowest BCUT2D eigenvalue weighted by atomic mass is 10.1. The molecule has 0 unspecified atom stereocenters. The normalized spacial score (nSPS) is 10.5. The van der Waals surface area contributed by atoms with Gasteiger partial charge >= 0.3 is 5.97 Å². The van der Waals surface area contributed by atoms with Gasteiger partial charge < -0.3 is 18.9 Å². The zero-order valence-electron chi connectivity index (χ0n) is 20.9. The summed E-state index contributed by atoms with van der Waals surface area (Å²) >= 11 is 4.18. The number of carbonyl (C=O) groups excluding carboxylic acids is 1. The molecule has 12 heteroatoms. The SMILES string of the molecule is COC(=O)c1ccc(CSc2nc(Sc3nccs3)c(C#N)c(-c3cc(OC)c(OC)c(OC)c3)n2)cc1. The number of nitriles is 1. The first kappa shape index (κ1) is 27.3. The molecule has 0 saturated carbocycles. The Morgan fingerprint density at radius 1 is 1.03 bits per heavy atom. The molecule has 0 radical (unpaired) electrons. The maximum atomic E-state index is 11.7. The Balaban J connectivity index is 1.76. The molecule has 2 aromatic carbocycles. The van der Waals surface area contributed by atoms with Gasteiger partial charge in [0, 0.05) is 22.9 Å². The zero-order valence-corrected chi connectivity index (χ0v) is 23.3. The Bertz CT molecular complexity index is 1450. The summed E-state index contributed by atoms with van der Waals surface area (Å²) in [6.07, 6.45) is 1.70. The third-order valence-electron chi connectivity index (χ3n) is 5.24. The molecule has 4 rings (SSSR count). The van der Waals surface area contributed by atoms with E-state index in [9.17, 15) is 10.1 Å². The fourth-order valence-corrected chi connectivity index (χ4v) is 5.90. The van der Waals surface area contributed by atoms with E-state index < -0.39 is 5.97 Å². The van der Waals surface area contributed by atoms with E-state index in [0.717, 1.165) is 9.90 Å². The van der Waals surface area contributed by atoms with Crippen molar-refractivity contribution in [2.45, 2.75) is 20.3 Å². The van der Waals surface area contributed by atoms with Crippen LogP contribution in [-0.2, 0) is 10.5 Å². The number of nitrogens with zero attached hydrogens (tertiary/aromatic N) is 4. The molecule has 0 N–H and O–H groups in total. The van der Waals surface area contributed by atoms with Crippen molar-refractivity contribution in [2.75, 3.05) is 28.4 Å². The molecule has 0 spiro atoms. The van der Waals surface area contributed by atoms with Gasteiger partial charge in [-0.25, -0.2) is 19.7 Å². The van der Waals surface area contributed by atoms with Crippen LogP contribution in [0, 0.1) is 11.3 Å². The molecular formula is C26H22N4O5S3. The molecule has 2 aromatic heterocycles. The van der Waals surface area contributed by atoms with Gasteiger partial charge in [0.15, 0.2) is 21.0 Å². The minimum atomic E-state index is -0.390. The first-order valence-corrected chi connectivity index (χ1v) is 13.7. The average molecular weight is 567 g/mol. The van der Waals surface area contributed by atoms with Crippen molar-refractivity contribution in [3.8, 4) is 34.6 Å². The summed E-state index contributed by atoms with van der Waals surface area (Å²) in [6.45, 7) is 0. The van der Waals surface area contributed by atoms with Crippen LogP contribution in [0.25, 0.3) is 11.3 Å². The number of carbonyl (C=O) groups is 1. The van der Waals surface area contributed by atoms with E-state index in [1.165, 1.54) is 63.3 Å². The van der Waals surface area contributed by atoms with Crippen LogP contribution in [0.4, 0.5) is 0 Å². The molecular weight excluding hydrogens is 545 g/mol.